The monoisotopic (exact) mass is 286 g/mol. The molecule has 21 heavy (non-hydrogen) atoms. The molecule has 3 rings (SSSR count). The average Bonchev–Trinajstić information content (AvgIpc) is 3.18. The Labute approximate surface area is 123 Å². The van der Waals surface area contributed by atoms with Crippen molar-refractivity contribution in [3.63, 3.8) is 0 Å². The highest BCUT2D eigenvalue weighted by Gasteiger charge is 2.29. The first kappa shape index (κ1) is 13.8. The molecule has 1 aromatic carbocycles. The Bertz CT molecular complexity index is 624. The van der Waals surface area contributed by atoms with Gasteiger partial charge in [0.25, 0.3) is 5.91 Å². The lowest BCUT2D eigenvalue weighted by atomic mass is 10.0. The van der Waals surface area contributed by atoms with Crippen LogP contribution < -0.4 is 0 Å². The van der Waals surface area contributed by atoms with E-state index in [1.165, 1.54) is 0 Å². The van der Waals surface area contributed by atoms with Crippen LogP contribution in [0.25, 0.3) is 5.69 Å². The largest absolute Gasteiger partial charge is 0.393 e. The van der Waals surface area contributed by atoms with Crippen molar-refractivity contribution in [1.82, 2.24) is 19.9 Å². The molecule has 1 fully saturated rings. The Hall–Kier alpha value is -2.21. The number of aliphatic hydroxyl groups excluding tert-OH is 1. The van der Waals surface area contributed by atoms with Gasteiger partial charge in [0, 0.05) is 24.6 Å². The fraction of sp³-hybridized carbons (Fsp3) is 0.400. The molecule has 0 aliphatic carbocycles. The third-order valence-electron chi connectivity index (χ3n) is 3.97. The number of carbonyl (C=O) groups excluding carboxylic acids is 1. The van der Waals surface area contributed by atoms with Crippen molar-refractivity contribution < 1.29 is 9.90 Å². The summed E-state index contributed by atoms with van der Waals surface area (Å²) >= 11 is 0. The number of benzene rings is 1. The van der Waals surface area contributed by atoms with Gasteiger partial charge in [-0.15, -0.1) is 5.10 Å². The Morgan fingerprint density at radius 1 is 1.48 bits per heavy atom. The molecule has 1 aliphatic heterocycles. The minimum Gasteiger partial charge on any atom is -0.393 e. The smallest absolute Gasteiger partial charge is 0.253 e. The van der Waals surface area contributed by atoms with Crippen LogP contribution in [0, 0.1) is 5.92 Å². The number of nitrogens with zero attached hydrogens (tertiary/aromatic N) is 4. The van der Waals surface area contributed by atoms with Gasteiger partial charge in [0.2, 0.25) is 0 Å². The summed E-state index contributed by atoms with van der Waals surface area (Å²) in [7, 11) is 0. The van der Waals surface area contributed by atoms with Gasteiger partial charge in [0.1, 0.15) is 0 Å². The second kappa shape index (κ2) is 5.65. The minimum absolute atomic E-state index is 0.000107. The molecule has 1 aliphatic rings. The van der Waals surface area contributed by atoms with Crippen molar-refractivity contribution in [1.29, 1.82) is 0 Å². The van der Waals surface area contributed by atoms with Crippen LogP contribution in [0.2, 0.25) is 0 Å². The van der Waals surface area contributed by atoms with Crippen molar-refractivity contribution in [3.8, 4) is 5.69 Å². The number of carbonyl (C=O) groups is 1. The van der Waals surface area contributed by atoms with E-state index in [-0.39, 0.29) is 17.9 Å². The minimum atomic E-state index is -0.371. The van der Waals surface area contributed by atoms with Crippen LogP contribution in [-0.4, -0.2) is 50.1 Å². The standard InChI is InChI=1S/C15H18N4O2/c1-11(20)13-5-7-18(10-13)15(21)12-3-2-4-14(9-12)19-8-6-16-17-19/h2-4,6,8-9,11,13,20H,5,7,10H2,1H3. The summed E-state index contributed by atoms with van der Waals surface area (Å²) in [4.78, 5) is 14.3. The van der Waals surface area contributed by atoms with Gasteiger partial charge in [-0.3, -0.25) is 4.79 Å². The summed E-state index contributed by atoms with van der Waals surface area (Å²) in [5, 5.41) is 17.3. The van der Waals surface area contributed by atoms with E-state index >= 15 is 0 Å². The molecule has 0 spiro atoms. The maximum Gasteiger partial charge on any atom is 0.253 e. The zero-order valence-electron chi connectivity index (χ0n) is 11.9. The highest BCUT2D eigenvalue weighted by atomic mass is 16.3. The van der Waals surface area contributed by atoms with Crippen molar-refractivity contribution in [3.05, 3.63) is 42.2 Å². The molecule has 2 heterocycles. The fourth-order valence-electron chi connectivity index (χ4n) is 2.68. The number of hydrogen-bond donors (Lipinski definition) is 1. The van der Waals surface area contributed by atoms with E-state index in [1.807, 2.05) is 18.2 Å². The fourth-order valence-corrected chi connectivity index (χ4v) is 2.68. The molecule has 110 valence electrons. The van der Waals surface area contributed by atoms with Crippen LogP contribution in [0.3, 0.4) is 0 Å². The maximum atomic E-state index is 12.5. The van der Waals surface area contributed by atoms with Gasteiger partial charge in [-0.25, -0.2) is 4.68 Å². The van der Waals surface area contributed by atoms with E-state index in [2.05, 4.69) is 10.3 Å². The predicted molar refractivity (Wildman–Crippen MR) is 77.1 cm³/mol. The first-order chi connectivity index (χ1) is 10.1. The van der Waals surface area contributed by atoms with Gasteiger partial charge in [-0.2, -0.15) is 0 Å². The van der Waals surface area contributed by atoms with Crippen LogP contribution in [0.4, 0.5) is 0 Å². The van der Waals surface area contributed by atoms with Crippen LogP contribution >= 0.6 is 0 Å². The molecule has 1 amide bonds. The third-order valence-corrected chi connectivity index (χ3v) is 3.97. The number of rotatable bonds is 3. The Balaban J connectivity index is 1.78. The van der Waals surface area contributed by atoms with Crippen molar-refractivity contribution in [2.45, 2.75) is 19.4 Å². The summed E-state index contributed by atoms with van der Waals surface area (Å²) in [5.41, 5.74) is 1.44. The summed E-state index contributed by atoms with van der Waals surface area (Å²) in [6, 6.07) is 7.34. The van der Waals surface area contributed by atoms with E-state index in [0.29, 0.717) is 18.7 Å². The Morgan fingerprint density at radius 3 is 3.00 bits per heavy atom. The SMILES string of the molecule is CC(O)C1CCN(C(=O)c2cccc(-n3ccnn3)c2)C1. The van der Waals surface area contributed by atoms with Crippen LogP contribution in [0.15, 0.2) is 36.7 Å². The van der Waals surface area contributed by atoms with Gasteiger partial charge in [-0.05, 0) is 31.5 Å². The molecule has 6 nitrogen and oxygen atoms in total. The van der Waals surface area contributed by atoms with Crippen LogP contribution in [-0.2, 0) is 0 Å². The number of aromatic nitrogens is 3. The zero-order chi connectivity index (χ0) is 14.8. The Kier molecular flexibility index (Phi) is 3.70. The van der Waals surface area contributed by atoms with E-state index in [4.69, 9.17) is 0 Å². The molecule has 2 unspecified atom stereocenters. The quantitative estimate of drug-likeness (QED) is 0.917. The molecule has 2 aromatic rings. The van der Waals surface area contributed by atoms with E-state index in [0.717, 1.165) is 12.1 Å². The van der Waals surface area contributed by atoms with Crippen LogP contribution in [0.5, 0.6) is 0 Å². The van der Waals surface area contributed by atoms with Gasteiger partial charge in [0.15, 0.2) is 0 Å². The lowest BCUT2D eigenvalue weighted by Crippen LogP contribution is -2.30. The van der Waals surface area contributed by atoms with Gasteiger partial charge < -0.3 is 10.0 Å². The molecule has 0 radical (unpaired) electrons. The third kappa shape index (κ3) is 2.80. The second-order valence-electron chi connectivity index (χ2n) is 5.44. The highest BCUT2D eigenvalue weighted by Crippen LogP contribution is 2.22. The summed E-state index contributed by atoms with van der Waals surface area (Å²) in [6.45, 7) is 3.09. The van der Waals surface area contributed by atoms with E-state index in [9.17, 15) is 9.90 Å². The Morgan fingerprint density at radius 2 is 2.33 bits per heavy atom. The second-order valence-corrected chi connectivity index (χ2v) is 5.44. The number of amides is 1. The summed E-state index contributed by atoms with van der Waals surface area (Å²) in [5.74, 6) is 0.174. The molecular formula is C15H18N4O2. The maximum absolute atomic E-state index is 12.5. The topological polar surface area (TPSA) is 71.2 Å². The van der Waals surface area contributed by atoms with E-state index in [1.54, 1.807) is 35.0 Å². The molecule has 2 atom stereocenters. The lowest BCUT2D eigenvalue weighted by molar-refractivity contribution is 0.0762. The van der Waals surface area contributed by atoms with Gasteiger partial charge in [0.05, 0.1) is 24.2 Å². The average molecular weight is 286 g/mol. The summed E-state index contributed by atoms with van der Waals surface area (Å²) in [6.07, 6.45) is 3.82. The predicted octanol–water partition coefficient (Wildman–Crippen LogP) is 1.11. The van der Waals surface area contributed by atoms with Crippen molar-refractivity contribution >= 4 is 5.91 Å². The summed E-state index contributed by atoms with van der Waals surface area (Å²) < 4.78 is 1.62. The molecule has 0 saturated carbocycles. The van der Waals surface area contributed by atoms with Crippen molar-refractivity contribution in [2.24, 2.45) is 5.92 Å². The van der Waals surface area contributed by atoms with Crippen LogP contribution in [0.1, 0.15) is 23.7 Å². The number of likely N-dealkylation sites (tertiary alicyclic amines) is 1. The highest BCUT2D eigenvalue weighted by molar-refractivity contribution is 5.94. The molecule has 1 saturated heterocycles. The van der Waals surface area contributed by atoms with Gasteiger partial charge in [-0.1, -0.05) is 11.3 Å². The first-order valence-corrected chi connectivity index (χ1v) is 7.09. The zero-order valence-corrected chi connectivity index (χ0v) is 11.9. The van der Waals surface area contributed by atoms with Gasteiger partial charge >= 0.3 is 0 Å². The molecule has 1 N–H and O–H groups in total. The first-order valence-electron chi connectivity index (χ1n) is 7.09. The molecule has 6 heteroatoms. The van der Waals surface area contributed by atoms with E-state index < -0.39 is 0 Å². The number of hydrogen-bond acceptors (Lipinski definition) is 4. The molecule has 0 bridgehead atoms. The van der Waals surface area contributed by atoms with Crippen molar-refractivity contribution in [2.75, 3.05) is 13.1 Å². The normalized spacial score (nSPS) is 19.7. The number of aliphatic hydroxyl groups is 1. The molecule has 1 aromatic heterocycles. The lowest BCUT2D eigenvalue weighted by Gasteiger charge is -2.18. The molecular weight excluding hydrogens is 268 g/mol.